The minimum absolute atomic E-state index is 0.0640. The monoisotopic (exact) mass is 575 g/mol. The zero-order valence-electron chi connectivity index (χ0n) is 21.3. The second-order valence-corrected chi connectivity index (χ2v) is 12.3. The molecule has 5 aromatic rings. The second-order valence-electron chi connectivity index (χ2n) is 9.65. The van der Waals surface area contributed by atoms with Gasteiger partial charge < -0.3 is 16.0 Å². The van der Waals surface area contributed by atoms with E-state index >= 15 is 0 Å². The first kappa shape index (κ1) is 26.2. The van der Waals surface area contributed by atoms with Crippen LogP contribution < -0.4 is 16.0 Å². The van der Waals surface area contributed by atoms with Crippen molar-refractivity contribution >= 4 is 49.5 Å². The molecule has 3 heterocycles. The van der Waals surface area contributed by atoms with Crippen molar-refractivity contribution in [3.05, 3.63) is 95.9 Å². The summed E-state index contributed by atoms with van der Waals surface area (Å²) in [6.45, 7) is 1.15. The molecule has 40 heavy (non-hydrogen) atoms. The predicted octanol–water partition coefficient (Wildman–Crippen LogP) is 5.32. The number of anilines is 2. The molecule has 0 bridgehead atoms. The van der Waals surface area contributed by atoms with Gasteiger partial charge in [0.15, 0.2) is 0 Å². The number of hydrogen-bond acceptors (Lipinski definition) is 7. The highest BCUT2D eigenvalue weighted by Gasteiger charge is 2.25. The first-order chi connectivity index (χ1) is 19.3. The van der Waals surface area contributed by atoms with Gasteiger partial charge in [-0.15, -0.1) is 11.3 Å². The molecule has 1 aliphatic heterocycles. The molecule has 8 nitrogen and oxygen atoms in total. The third-order valence-electron chi connectivity index (χ3n) is 6.95. The molecule has 6 rings (SSSR count). The van der Waals surface area contributed by atoms with Crippen molar-refractivity contribution in [2.45, 2.75) is 23.8 Å². The Morgan fingerprint density at radius 1 is 1.05 bits per heavy atom. The van der Waals surface area contributed by atoms with E-state index in [0.29, 0.717) is 45.9 Å². The summed E-state index contributed by atoms with van der Waals surface area (Å²) in [6, 6.07) is 19.9. The molecular weight excluding hydrogens is 549 g/mol. The molecule has 0 aliphatic carbocycles. The van der Waals surface area contributed by atoms with E-state index in [4.69, 9.17) is 5.73 Å². The molecular formula is C29H26FN5O3S2. The summed E-state index contributed by atoms with van der Waals surface area (Å²) in [4.78, 5) is 19.8. The van der Waals surface area contributed by atoms with Gasteiger partial charge in [0.2, 0.25) is 0 Å². The first-order valence-electron chi connectivity index (χ1n) is 12.8. The van der Waals surface area contributed by atoms with Crippen LogP contribution in [0.3, 0.4) is 0 Å². The van der Waals surface area contributed by atoms with Crippen molar-refractivity contribution in [3.63, 3.8) is 0 Å². The number of para-hydroxylation sites is 2. The lowest BCUT2D eigenvalue weighted by atomic mass is 10.1. The van der Waals surface area contributed by atoms with E-state index in [1.165, 1.54) is 27.6 Å². The number of carbonyl (C=O) groups is 1. The number of nitrogens with zero attached hydrogens (tertiary/aromatic N) is 3. The van der Waals surface area contributed by atoms with Crippen LogP contribution in [0.1, 0.15) is 23.3 Å². The molecule has 0 spiro atoms. The van der Waals surface area contributed by atoms with E-state index in [0.717, 1.165) is 12.8 Å². The predicted molar refractivity (Wildman–Crippen MR) is 156 cm³/mol. The van der Waals surface area contributed by atoms with E-state index in [2.05, 4.69) is 10.3 Å². The lowest BCUT2D eigenvalue weighted by molar-refractivity contribution is 0.102. The number of thiazole rings is 1. The number of halogens is 1. The van der Waals surface area contributed by atoms with Crippen LogP contribution in [0.15, 0.2) is 89.3 Å². The molecule has 204 valence electrons. The van der Waals surface area contributed by atoms with E-state index in [9.17, 15) is 17.6 Å². The van der Waals surface area contributed by atoms with Crippen molar-refractivity contribution in [3.8, 4) is 10.6 Å². The topological polar surface area (TPSA) is 110 Å². The third-order valence-corrected chi connectivity index (χ3v) is 9.52. The lowest BCUT2D eigenvalue weighted by Crippen LogP contribution is -2.43. The van der Waals surface area contributed by atoms with Gasteiger partial charge in [-0.1, -0.05) is 42.5 Å². The molecule has 0 saturated carbocycles. The van der Waals surface area contributed by atoms with Gasteiger partial charge in [-0.2, -0.15) is 0 Å². The first-order valence-corrected chi connectivity index (χ1v) is 15.1. The maximum Gasteiger partial charge on any atom is 0.275 e. The average Bonchev–Trinajstić information content (AvgIpc) is 3.59. The molecule has 1 aliphatic rings. The number of carbonyl (C=O) groups excluding carboxylic acids is 1. The fraction of sp³-hybridized carbons (Fsp3) is 0.172. The summed E-state index contributed by atoms with van der Waals surface area (Å²) in [5, 5.41) is 5.61. The number of hydrogen-bond donors (Lipinski definition) is 2. The molecule has 1 amide bonds. The number of aromatic nitrogens is 2. The van der Waals surface area contributed by atoms with E-state index < -0.39 is 21.7 Å². The van der Waals surface area contributed by atoms with Gasteiger partial charge in [0, 0.05) is 41.7 Å². The van der Waals surface area contributed by atoms with Crippen LogP contribution in [-0.2, 0) is 10.0 Å². The SMILES string of the molecule is NC1CCCN(c2c(F)cccc2NC(=O)c2csc(-c3cn(S(=O)(=O)c4ccccc4)c4ccccc34)n2)C1. The van der Waals surface area contributed by atoms with E-state index in [1.54, 1.807) is 60.0 Å². The fourth-order valence-electron chi connectivity index (χ4n) is 5.06. The average molecular weight is 576 g/mol. The minimum Gasteiger partial charge on any atom is -0.366 e. The van der Waals surface area contributed by atoms with Gasteiger partial charge in [-0.25, -0.2) is 21.8 Å². The van der Waals surface area contributed by atoms with Crippen molar-refractivity contribution in [1.82, 2.24) is 8.96 Å². The Bertz CT molecular complexity index is 1820. The van der Waals surface area contributed by atoms with Crippen molar-refractivity contribution in [2.24, 2.45) is 5.73 Å². The van der Waals surface area contributed by atoms with Gasteiger partial charge >= 0.3 is 0 Å². The van der Waals surface area contributed by atoms with Gasteiger partial charge in [0.25, 0.3) is 15.9 Å². The zero-order chi connectivity index (χ0) is 27.9. The Hall–Kier alpha value is -4.06. The maximum absolute atomic E-state index is 14.9. The maximum atomic E-state index is 14.9. The molecule has 1 saturated heterocycles. The standard InChI is InChI=1S/C29H26FN5O3S2/c30-23-12-6-13-24(27(23)34-15-7-8-19(31)16-34)32-28(36)25-18-39-29(33-25)22-17-35(26-14-5-4-11-21(22)26)40(37,38)20-9-2-1-3-10-20/h1-6,9-14,17-19H,7-8,15-16,31H2,(H,32,36). The summed E-state index contributed by atoms with van der Waals surface area (Å²) < 4.78 is 43.1. The number of nitrogens with two attached hydrogens (primary N) is 1. The number of fused-ring (bicyclic) bond motifs is 1. The number of nitrogens with one attached hydrogen (secondary N) is 1. The smallest absolute Gasteiger partial charge is 0.275 e. The van der Waals surface area contributed by atoms with Crippen molar-refractivity contribution < 1.29 is 17.6 Å². The summed E-state index contributed by atoms with van der Waals surface area (Å²) in [7, 11) is -3.86. The van der Waals surface area contributed by atoms with Gasteiger partial charge in [-0.05, 0) is 43.2 Å². The van der Waals surface area contributed by atoms with E-state index in [-0.39, 0.29) is 16.6 Å². The number of rotatable bonds is 6. The number of piperidine rings is 1. The Morgan fingerprint density at radius 2 is 1.82 bits per heavy atom. The molecule has 11 heteroatoms. The molecule has 3 N–H and O–H groups in total. The van der Waals surface area contributed by atoms with Crippen molar-refractivity contribution in [2.75, 3.05) is 23.3 Å². The molecule has 1 atom stereocenters. The second kappa shape index (κ2) is 10.5. The summed E-state index contributed by atoms with van der Waals surface area (Å²) in [5.74, 6) is -0.922. The van der Waals surface area contributed by atoms with Crippen LogP contribution in [0.2, 0.25) is 0 Å². The lowest BCUT2D eigenvalue weighted by Gasteiger charge is -2.34. The third kappa shape index (κ3) is 4.76. The molecule has 0 radical (unpaired) electrons. The Kier molecular flexibility index (Phi) is 6.87. The molecule has 1 unspecified atom stereocenters. The van der Waals surface area contributed by atoms with Crippen LogP contribution in [0.5, 0.6) is 0 Å². The number of benzene rings is 3. The summed E-state index contributed by atoms with van der Waals surface area (Å²) in [6.07, 6.45) is 3.25. The van der Waals surface area contributed by atoms with Crippen molar-refractivity contribution in [1.29, 1.82) is 0 Å². The van der Waals surface area contributed by atoms with Crippen LogP contribution in [0.25, 0.3) is 21.5 Å². The fourth-order valence-corrected chi connectivity index (χ4v) is 7.28. The van der Waals surface area contributed by atoms with Gasteiger partial charge in [0.1, 0.15) is 16.5 Å². The number of amides is 1. The quantitative estimate of drug-likeness (QED) is 0.284. The highest BCUT2D eigenvalue weighted by Crippen LogP contribution is 2.36. The molecule has 2 aromatic heterocycles. The van der Waals surface area contributed by atoms with Gasteiger partial charge in [-0.3, -0.25) is 4.79 Å². The Labute approximate surface area is 234 Å². The Balaban J connectivity index is 1.33. The zero-order valence-corrected chi connectivity index (χ0v) is 23.0. The van der Waals surface area contributed by atoms with E-state index in [1.807, 2.05) is 17.0 Å². The van der Waals surface area contributed by atoms with Crippen LogP contribution in [0, 0.1) is 5.82 Å². The van der Waals surface area contributed by atoms with Crippen LogP contribution >= 0.6 is 11.3 Å². The summed E-state index contributed by atoms with van der Waals surface area (Å²) >= 11 is 1.23. The van der Waals surface area contributed by atoms with Crippen LogP contribution in [0.4, 0.5) is 15.8 Å². The normalized spacial score (nSPS) is 15.8. The highest BCUT2D eigenvalue weighted by atomic mass is 32.2. The molecule has 1 fully saturated rings. The minimum atomic E-state index is -3.86. The largest absolute Gasteiger partial charge is 0.366 e. The highest BCUT2D eigenvalue weighted by molar-refractivity contribution is 7.90. The Morgan fingerprint density at radius 3 is 2.62 bits per heavy atom. The molecule has 3 aromatic carbocycles. The van der Waals surface area contributed by atoms with Gasteiger partial charge in [0.05, 0.1) is 21.8 Å². The van der Waals surface area contributed by atoms with Crippen LogP contribution in [-0.4, -0.2) is 42.4 Å². The summed E-state index contributed by atoms with van der Waals surface area (Å²) in [5.41, 5.74) is 8.02.